The standard InChI is InChI=1S/C13H13N5/c14-5-4-10-8-18-9-15-7-11(13(18)17-10)12-3-1-2-6-16-12/h1-3,6-9H,4-5,14H2. The van der Waals surface area contributed by atoms with Gasteiger partial charge in [0.15, 0.2) is 0 Å². The van der Waals surface area contributed by atoms with Crippen molar-refractivity contribution in [2.45, 2.75) is 6.42 Å². The molecule has 0 fully saturated rings. The highest BCUT2D eigenvalue weighted by molar-refractivity contribution is 5.74. The first kappa shape index (κ1) is 10.9. The van der Waals surface area contributed by atoms with Crippen molar-refractivity contribution in [3.05, 3.63) is 48.8 Å². The molecule has 5 nitrogen and oxygen atoms in total. The molecule has 0 radical (unpaired) electrons. The first-order valence-corrected chi connectivity index (χ1v) is 5.81. The SMILES string of the molecule is NCCc1cn2cncc(-c3ccccn3)c2n1. The Balaban J connectivity index is 2.17. The van der Waals surface area contributed by atoms with Gasteiger partial charge in [0.25, 0.3) is 0 Å². The number of imidazole rings is 1. The maximum absolute atomic E-state index is 5.55. The van der Waals surface area contributed by atoms with Crippen molar-refractivity contribution in [1.29, 1.82) is 0 Å². The average molecular weight is 239 g/mol. The van der Waals surface area contributed by atoms with E-state index in [1.54, 1.807) is 18.7 Å². The Morgan fingerprint density at radius 1 is 1.28 bits per heavy atom. The van der Waals surface area contributed by atoms with Gasteiger partial charge >= 0.3 is 0 Å². The van der Waals surface area contributed by atoms with Crippen LogP contribution >= 0.6 is 0 Å². The van der Waals surface area contributed by atoms with E-state index in [9.17, 15) is 0 Å². The van der Waals surface area contributed by atoms with Crippen molar-refractivity contribution in [2.75, 3.05) is 6.54 Å². The Morgan fingerprint density at radius 3 is 3.00 bits per heavy atom. The van der Waals surface area contributed by atoms with Crippen LogP contribution in [0.2, 0.25) is 0 Å². The number of nitrogens with two attached hydrogens (primary N) is 1. The largest absolute Gasteiger partial charge is 0.330 e. The molecule has 0 aromatic carbocycles. The second-order valence-electron chi connectivity index (χ2n) is 4.02. The summed E-state index contributed by atoms with van der Waals surface area (Å²) >= 11 is 0. The van der Waals surface area contributed by atoms with Crippen LogP contribution in [0, 0.1) is 0 Å². The summed E-state index contributed by atoms with van der Waals surface area (Å²) in [4.78, 5) is 13.1. The molecule has 0 bridgehead atoms. The lowest BCUT2D eigenvalue weighted by molar-refractivity contribution is 0.936. The van der Waals surface area contributed by atoms with Gasteiger partial charge in [-0.05, 0) is 18.7 Å². The Labute approximate surface area is 104 Å². The van der Waals surface area contributed by atoms with Crippen LogP contribution < -0.4 is 5.73 Å². The van der Waals surface area contributed by atoms with E-state index in [4.69, 9.17) is 5.73 Å². The normalized spacial score (nSPS) is 10.9. The summed E-state index contributed by atoms with van der Waals surface area (Å²) < 4.78 is 1.91. The van der Waals surface area contributed by atoms with Crippen LogP contribution in [0.15, 0.2) is 43.1 Å². The maximum atomic E-state index is 5.55. The predicted octanol–water partition coefficient (Wildman–Crippen LogP) is 1.29. The van der Waals surface area contributed by atoms with Gasteiger partial charge in [0.1, 0.15) is 12.0 Å². The van der Waals surface area contributed by atoms with Gasteiger partial charge in [0.05, 0.1) is 17.0 Å². The fourth-order valence-electron chi connectivity index (χ4n) is 1.94. The van der Waals surface area contributed by atoms with Crippen molar-refractivity contribution >= 4 is 5.65 Å². The Kier molecular flexibility index (Phi) is 2.74. The fraction of sp³-hybridized carbons (Fsp3) is 0.154. The zero-order valence-corrected chi connectivity index (χ0v) is 9.82. The average Bonchev–Trinajstić information content (AvgIpc) is 2.82. The Bertz CT molecular complexity index is 659. The van der Waals surface area contributed by atoms with Gasteiger partial charge in [0.2, 0.25) is 0 Å². The fourth-order valence-corrected chi connectivity index (χ4v) is 1.94. The Hall–Kier alpha value is -2.27. The number of fused-ring (bicyclic) bond motifs is 1. The second kappa shape index (κ2) is 4.54. The molecular formula is C13H13N5. The third kappa shape index (κ3) is 1.84. The van der Waals surface area contributed by atoms with E-state index in [2.05, 4.69) is 15.0 Å². The molecule has 2 N–H and O–H groups in total. The monoisotopic (exact) mass is 239 g/mol. The molecule has 0 atom stereocenters. The first-order valence-electron chi connectivity index (χ1n) is 5.81. The molecule has 18 heavy (non-hydrogen) atoms. The predicted molar refractivity (Wildman–Crippen MR) is 69.0 cm³/mol. The summed E-state index contributed by atoms with van der Waals surface area (Å²) in [6, 6.07) is 5.80. The highest BCUT2D eigenvalue weighted by Crippen LogP contribution is 2.20. The van der Waals surface area contributed by atoms with E-state index >= 15 is 0 Å². The van der Waals surface area contributed by atoms with Crippen LogP contribution in [-0.2, 0) is 6.42 Å². The molecule has 0 saturated heterocycles. The van der Waals surface area contributed by atoms with Crippen molar-refractivity contribution in [2.24, 2.45) is 5.73 Å². The molecule has 0 aliphatic rings. The summed E-state index contributed by atoms with van der Waals surface area (Å²) in [5.74, 6) is 0. The van der Waals surface area contributed by atoms with E-state index in [1.807, 2.05) is 28.8 Å². The smallest absolute Gasteiger partial charge is 0.149 e. The zero-order valence-electron chi connectivity index (χ0n) is 9.82. The van der Waals surface area contributed by atoms with Gasteiger partial charge in [-0.25, -0.2) is 9.97 Å². The topological polar surface area (TPSA) is 69.1 Å². The van der Waals surface area contributed by atoms with E-state index in [0.717, 1.165) is 29.0 Å². The van der Waals surface area contributed by atoms with Crippen LogP contribution in [0.1, 0.15) is 5.69 Å². The van der Waals surface area contributed by atoms with Crippen molar-refractivity contribution < 1.29 is 0 Å². The maximum Gasteiger partial charge on any atom is 0.149 e. The van der Waals surface area contributed by atoms with E-state index in [-0.39, 0.29) is 0 Å². The molecule has 0 unspecified atom stereocenters. The highest BCUT2D eigenvalue weighted by atomic mass is 15.0. The van der Waals surface area contributed by atoms with Gasteiger partial charge in [-0.2, -0.15) is 0 Å². The molecule has 0 saturated carbocycles. The number of hydrogen-bond donors (Lipinski definition) is 1. The van der Waals surface area contributed by atoms with Crippen LogP contribution in [0.3, 0.4) is 0 Å². The lowest BCUT2D eigenvalue weighted by Gasteiger charge is -2.01. The second-order valence-corrected chi connectivity index (χ2v) is 4.02. The van der Waals surface area contributed by atoms with Crippen LogP contribution in [-0.4, -0.2) is 25.9 Å². The number of nitrogens with zero attached hydrogens (tertiary/aromatic N) is 4. The van der Waals surface area contributed by atoms with Crippen molar-refractivity contribution in [3.63, 3.8) is 0 Å². The minimum Gasteiger partial charge on any atom is -0.330 e. The van der Waals surface area contributed by atoms with Gasteiger partial charge < -0.3 is 5.73 Å². The quantitative estimate of drug-likeness (QED) is 0.747. The molecule has 5 heteroatoms. The summed E-state index contributed by atoms with van der Waals surface area (Å²) in [5, 5.41) is 0. The molecule has 90 valence electrons. The van der Waals surface area contributed by atoms with Crippen LogP contribution in [0.5, 0.6) is 0 Å². The van der Waals surface area contributed by atoms with Gasteiger partial charge in [-0.15, -0.1) is 0 Å². The molecule has 3 aromatic heterocycles. The summed E-state index contributed by atoms with van der Waals surface area (Å²) in [6.45, 7) is 0.593. The van der Waals surface area contributed by atoms with Gasteiger partial charge in [-0.1, -0.05) is 6.07 Å². The molecular weight excluding hydrogens is 226 g/mol. The highest BCUT2D eigenvalue weighted by Gasteiger charge is 2.08. The summed E-state index contributed by atoms with van der Waals surface area (Å²) in [6.07, 6.45) is 8.03. The molecule has 0 spiro atoms. The number of pyridine rings is 1. The lowest BCUT2D eigenvalue weighted by Crippen LogP contribution is -2.02. The minimum atomic E-state index is 0.593. The van der Waals surface area contributed by atoms with E-state index in [1.165, 1.54) is 0 Å². The lowest BCUT2D eigenvalue weighted by atomic mass is 10.2. The Morgan fingerprint density at radius 2 is 2.22 bits per heavy atom. The molecule has 0 aliphatic heterocycles. The number of rotatable bonds is 3. The number of aromatic nitrogens is 4. The van der Waals surface area contributed by atoms with Crippen LogP contribution in [0.25, 0.3) is 16.9 Å². The number of hydrogen-bond acceptors (Lipinski definition) is 4. The summed E-state index contributed by atoms with van der Waals surface area (Å²) in [5.41, 5.74) is 9.20. The zero-order chi connectivity index (χ0) is 12.4. The van der Waals surface area contributed by atoms with E-state index in [0.29, 0.717) is 6.54 Å². The summed E-state index contributed by atoms with van der Waals surface area (Å²) in [7, 11) is 0. The third-order valence-corrected chi connectivity index (χ3v) is 2.76. The molecule has 0 amide bonds. The third-order valence-electron chi connectivity index (χ3n) is 2.76. The van der Waals surface area contributed by atoms with Crippen molar-refractivity contribution in [1.82, 2.24) is 19.4 Å². The minimum absolute atomic E-state index is 0.593. The van der Waals surface area contributed by atoms with Crippen LogP contribution in [0.4, 0.5) is 0 Å². The molecule has 3 heterocycles. The van der Waals surface area contributed by atoms with Gasteiger partial charge in [-0.3, -0.25) is 9.38 Å². The molecule has 3 rings (SSSR count). The van der Waals surface area contributed by atoms with Crippen molar-refractivity contribution in [3.8, 4) is 11.3 Å². The first-order chi connectivity index (χ1) is 8.88. The van der Waals surface area contributed by atoms with E-state index < -0.39 is 0 Å². The van der Waals surface area contributed by atoms with Gasteiger partial charge in [0, 0.05) is 25.0 Å². The molecule has 0 aliphatic carbocycles. The molecule has 3 aromatic rings.